The Morgan fingerprint density at radius 1 is 1.05 bits per heavy atom. The topological polar surface area (TPSA) is 149 Å². The van der Waals surface area contributed by atoms with Crippen LogP contribution in [0.15, 0.2) is 47.4 Å². The maximum atomic E-state index is 12.8. The maximum absolute atomic E-state index is 12.8. The molecule has 0 atom stereocenters. The van der Waals surface area contributed by atoms with Crippen LogP contribution in [0.3, 0.4) is 0 Å². The molecule has 200 valence electrons. The quantitative estimate of drug-likeness (QED) is 0.336. The number of nitrogens with zero attached hydrogens (tertiary/aromatic N) is 3. The van der Waals surface area contributed by atoms with E-state index in [4.69, 9.17) is 4.74 Å². The molecule has 2 N–H and O–H groups in total. The second-order valence-electron chi connectivity index (χ2n) is 9.56. The van der Waals surface area contributed by atoms with Crippen molar-refractivity contribution < 1.29 is 27.5 Å². The van der Waals surface area contributed by atoms with E-state index in [1.54, 1.807) is 20.8 Å². The molecule has 0 spiro atoms. The molecule has 2 bridgehead atoms. The van der Waals surface area contributed by atoms with Gasteiger partial charge in [-0.15, -0.1) is 10.2 Å². The highest BCUT2D eigenvalue weighted by molar-refractivity contribution is 7.90. The second kappa shape index (κ2) is 10.5. The van der Waals surface area contributed by atoms with Crippen molar-refractivity contribution in [2.24, 2.45) is 0 Å². The summed E-state index contributed by atoms with van der Waals surface area (Å²) in [5, 5.41) is 10.5. The third kappa shape index (κ3) is 6.00. The van der Waals surface area contributed by atoms with E-state index in [1.165, 1.54) is 28.8 Å². The van der Waals surface area contributed by atoms with Crippen LogP contribution in [0.5, 0.6) is 0 Å². The van der Waals surface area contributed by atoms with Crippen molar-refractivity contribution in [3.05, 3.63) is 53.0 Å². The van der Waals surface area contributed by atoms with Crippen molar-refractivity contribution in [2.75, 3.05) is 0 Å². The van der Waals surface area contributed by atoms with Crippen molar-refractivity contribution in [1.82, 2.24) is 24.8 Å². The van der Waals surface area contributed by atoms with E-state index >= 15 is 0 Å². The Balaban J connectivity index is 1.43. The summed E-state index contributed by atoms with van der Waals surface area (Å²) in [5.41, 5.74) is 2.20. The molecule has 0 aliphatic rings. The monoisotopic (exact) mass is 557 g/mol. The fourth-order valence-corrected chi connectivity index (χ4v) is 5.36. The summed E-state index contributed by atoms with van der Waals surface area (Å²) in [6.45, 7) is 6.95. The van der Waals surface area contributed by atoms with Crippen LogP contribution in [0, 0.1) is 0 Å². The number of aryl methyl sites for hydroxylation is 1. The summed E-state index contributed by atoms with van der Waals surface area (Å²) < 4.78 is 33.2. The summed E-state index contributed by atoms with van der Waals surface area (Å²) >= 11 is 0.951. The Bertz CT molecular complexity index is 1580. The maximum Gasteiger partial charge on any atom is 0.421 e. The van der Waals surface area contributed by atoms with Gasteiger partial charge < -0.3 is 4.74 Å². The molecule has 11 nitrogen and oxygen atoms in total. The first-order valence-corrected chi connectivity index (χ1v) is 14.2. The number of hydrogen-bond acceptors (Lipinski definition) is 9. The highest BCUT2D eigenvalue weighted by Gasteiger charge is 2.24. The molecule has 38 heavy (non-hydrogen) atoms. The van der Waals surface area contributed by atoms with Crippen LogP contribution in [-0.4, -0.2) is 46.8 Å². The van der Waals surface area contributed by atoms with Gasteiger partial charge >= 0.3 is 12.1 Å². The van der Waals surface area contributed by atoms with Crippen LogP contribution in [0.2, 0.25) is 0 Å². The molecule has 3 amide bonds. The zero-order valence-electron chi connectivity index (χ0n) is 21.3. The molecular weight excluding hydrogens is 530 g/mol. The van der Waals surface area contributed by atoms with Crippen molar-refractivity contribution in [3.63, 3.8) is 0 Å². The van der Waals surface area contributed by atoms with Crippen molar-refractivity contribution in [1.29, 1.82) is 0 Å². The number of nitrogens with one attached hydrogen (secondary N) is 2. The van der Waals surface area contributed by atoms with Crippen LogP contribution in [-0.2, 0) is 21.2 Å². The van der Waals surface area contributed by atoms with Gasteiger partial charge in [-0.2, -0.15) is 0 Å². The number of rotatable bonds is 7. The van der Waals surface area contributed by atoms with Gasteiger partial charge in [-0.05, 0) is 69.5 Å². The van der Waals surface area contributed by atoms with Gasteiger partial charge in [0.15, 0.2) is 0 Å². The zero-order valence-corrected chi connectivity index (χ0v) is 22.9. The van der Waals surface area contributed by atoms with Gasteiger partial charge in [0.2, 0.25) is 5.01 Å². The highest BCUT2D eigenvalue weighted by atomic mass is 32.2. The number of carbonyl (C=O) groups excluding carboxylic acids is 3. The lowest BCUT2D eigenvalue weighted by Crippen LogP contribution is -2.36. The largest absolute Gasteiger partial charge is 0.443 e. The van der Waals surface area contributed by atoms with E-state index in [0.29, 0.717) is 16.1 Å². The molecule has 0 saturated carbocycles. The highest BCUT2D eigenvalue weighted by Crippen LogP contribution is 2.26. The van der Waals surface area contributed by atoms with E-state index in [2.05, 4.69) is 22.4 Å². The number of sulfonamides is 1. The lowest BCUT2D eigenvalue weighted by molar-refractivity contribution is 0.0570. The number of benzene rings is 2. The molecule has 1 aromatic carbocycles. The third-order valence-electron chi connectivity index (χ3n) is 5.43. The molecule has 13 heteroatoms. The smallest absolute Gasteiger partial charge is 0.421 e. The first-order chi connectivity index (χ1) is 17.9. The number of fused-ring (bicyclic) bond motifs is 2. The molecular formula is C25H27N5O6S2. The van der Waals surface area contributed by atoms with Gasteiger partial charge in [-0.3, -0.25) is 14.7 Å². The predicted molar refractivity (Wildman–Crippen MR) is 142 cm³/mol. The summed E-state index contributed by atoms with van der Waals surface area (Å²) in [6.07, 6.45) is 1.81. The van der Waals surface area contributed by atoms with Crippen molar-refractivity contribution in [2.45, 2.75) is 57.5 Å². The molecule has 3 heterocycles. The van der Waals surface area contributed by atoms with Gasteiger partial charge in [0, 0.05) is 5.56 Å². The predicted octanol–water partition coefficient (Wildman–Crippen LogP) is 4.55. The van der Waals surface area contributed by atoms with Gasteiger partial charge in [0.25, 0.3) is 15.9 Å². The number of hydrogen-bond donors (Lipinski definition) is 2. The Labute approximate surface area is 223 Å². The zero-order chi connectivity index (χ0) is 27.7. The lowest BCUT2D eigenvalue weighted by Gasteiger charge is -2.19. The molecule has 0 unspecified atom stereocenters. The van der Waals surface area contributed by atoms with Crippen LogP contribution >= 0.6 is 11.3 Å². The fourth-order valence-electron chi connectivity index (χ4n) is 3.74. The first-order valence-electron chi connectivity index (χ1n) is 11.9. The molecule has 0 fully saturated rings. The van der Waals surface area contributed by atoms with Crippen LogP contribution < -0.4 is 10.0 Å². The molecule has 0 radical (unpaired) electrons. The van der Waals surface area contributed by atoms with Gasteiger partial charge in [-0.25, -0.2) is 22.7 Å². The molecule has 4 aromatic rings. The lowest BCUT2D eigenvalue weighted by atomic mass is 10.1. The summed E-state index contributed by atoms with van der Waals surface area (Å²) in [7, 11) is -4.15. The van der Waals surface area contributed by atoms with Crippen molar-refractivity contribution >= 4 is 50.4 Å². The number of carbonyl (C=O) groups is 3. The van der Waals surface area contributed by atoms with Crippen LogP contribution in [0.25, 0.3) is 21.6 Å². The second-order valence-corrected chi connectivity index (χ2v) is 12.2. The van der Waals surface area contributed by atoms with Crippen LogP contribution in [0.1, 0.15) is 55.9 Å². The number of ether oxygens (including phenoxy) is 1. The van der Waals surface area contributed by atoms with Crippen molar-refractivity contribution in [3.8, 4) is 10.6 Å². The number of imide groups is 1. The minimum Gasteiger partial charge on any atom is -0.443 e. The summed E-state index contributed by atoms with van der Waals surface area (Å²) in [4.78, 5) is 37.2. The summed E-state index contributed by atoms with van der Waals surface area (Å²) in [6, 6.07) is 10.6. The SMILES string of the molecule is CCCCc1cc2ccc1n2C(=O)NC(=O)c1nnc(-c2ccc(S(=O)(=O)NC(=O)OC(C)(C)C)cc2)s1. The Kier molecular flexibility index (Phi) is 7.51. The average Bonchev–Trinajstić information content (AvgIpc) is 3.56. The van der Waals surface area contributed by atoms with E-state index in [1.807, 2.05) is 22.9 Å². The van der Waals surface area contributed by atoms with E-state index in [0.717, 1.165) is 41.7 Å². The molecule has 4 rings (SSSR count). The molecule has 3 aromatic heterocycles. The van der Waals surface area contributed by atoms with E-state index in [9.17, 15) is 22.8 Å². The third-order valence-corrected chi connectivity index (χ3v) is 7.73. The van der Waals surface area contributed by atoms with Gasteiger partial charge in [0.1, 0.15) is 10.6 Å². The van der Waals surface area contributed by atoms with Gasteiger partial charge in [-0.1, -0.05) is 36.8 Å². The first kappa shape index (κ1) is 27.2. The Hall–Kier alpha value is -3.84. The Morgan fingerprint density at radius 2 is 1.76 bits per heavy atom. The van der Waals surface area contributed by atoms with E-state index in [-0.39, 0.29) is 9.90 Å². The Morgan fingerprint density at radius 3 is 2.42 bits per heavy atom. The molecule has 0 saturated heterocycles. The molecule has 0 aliphatic carbocycles. The minimum atomic E-state index is -4.15. The number of unbranched alkanes of at least 4 members (excludes halogenated alkanes) is 1. The van der Waals surface area contributed by atoms with Crippen LogP contribution in [0.4, 0.5) is 9.59 Å². The minimum absolute atomic E-state index is 0.0229. The fraction of sp³-hybridized carbons (Fsp3) is 0.320. The van der Waals surface area contributed by atoms with E-state index < -0.39 is 33.7 Å². The average molecular weight is 558 g/mol. The number of amides is 3. The number of aromatic nitrogens is 3. The summed E-state index contributed by atoms with van der Waals surface area (Å²) in [5.74, 6) is -0.692. The standard InChI is InChI=1S/C25H27N5O6S2/c1-5-6-7-16-14-17-10-13-19(16)30(17)23(32)26-20(31)22-28-27-21(37-22)15-8-11-18(12-9-15)38(34,35)29-24(33)36-25(2,3)4/h8-14H,5-7H2,1-4H3,(H,29,33)(H,26,31,32). The van der Waals surface area contributed by atoms with Gasteiger partial charge in [0.05, 0.1) is 15.9 Å². The normalized spacial score (nSPS) is 12.0. The molecule has 0 aliphatic heterocycles.